The molecule has 0 aliphatic carbocycles. The lowest BCUT2D eigenvalue weighted by atomic mass is 10.0. The fourth-order valence-corrected chi connectivity index (χ4v) is 6.25. The molecular weight excluding hydrogens is 344 g/mol. The molecule has 0 bridgehead atoms. The molecule has 2 heterocycles. The molecule has 1 aromatic carbocycles. The number of halogens is 1. The normalized spacial score (nSPS) is 25.9. The predicted molar refractivity (Wildman–Crippen MR) is 80.5 cm³/mol. The Morgan fingerprint density at radius 2 is 1.90 bits per heavy atom. The van der Waals surface area contributed by atoms with E-state index < -0.39 is 9.84 Å². The standard InChI is InChI=1S/C14H17BrO4S/c15-14(13-3-1-2-8-20(13,16)17)10-4-5-11-12(9-10)19-7-6-18-11/h4-5,9,13-14H,1-3,6-8H2. The molecule has 2 aliphatic heterocycles. The lowest BCUT2D eigenvalue weighted by Crippen LogP contribution is -2.31. The van der Waals surface area contributed by atoms with Crippen molar-refractivity contribution < 1.29 is 17.9 Å². The van der Waals surface area contributed by atoms with E-state index in [0.717, 1.165) is 24.2 Å². The van der Waals surface area contributed by atoms with Crippen LogP contribution in [0, 0.1) is 0 Å². The second-order valence-corrected chi connectivity index (χ2v) is 8.53. The summed E-state index contributed by atoms with van der Waals surface area (Å²) in [5.41, 5.74) is 0.935. The van der Waals surface area contributed by atoms with Crippen molar-refractivity contribution in [3.05, 3.63) is 23.8 Å². The first-order valence-corrected chi connectivity index (χ1v) is 9.46. The van der Waals surface area contributed by atoms with Crippen LogP contribution < -0.4 is 9.47 Å². The van der Waals surface area contributed by atoms with Crippen LogP contribution in [0.2, 0.25) is 0 Å². The van der Waals surface area contributed by atoms with Crippen LogP contribution in [-0.2, 0) is 9.84 Å². The van der Waals surface area contributed by atoms with Gasteiger partial charge < -0.3 is 9.47 Å². The van der Waals surface area contributed by atoms with Gasteiger partial charge >= 0.3 is 0 Å². The van der Waals surface area contributed by atoms with E-state index in [1.54, 1.807) is 0 Å². The molecule has 2 atom stereocenters. The molecule has 0 spiro atoms. The van der Waals surface area contributed by atoms with E-state index in [0.29, 0.717) is 31.1 Å². The van der Waals surface area contributed by atoms with Crippen LogP contribution in [0.4, 0.5) is 0 Å². The zero-order valence-electron chi connectivity index (χ0n) is 11.0. The van der Waals surface area contributed by atoms with Crippen molar-refractivity contribution in [2.24, 2.45) is 0 Å². The van der Waals surface area contributed by atoms with Crippen molar-refractivity contribution >= 4 is 25.8 Å². The summed E-state index contributed by atoms with van der Waals surface area (Å²) in [6, 6.07) is 5.66. The third kappa shape index (κ3) is 2.68. The average molecular weight is 361 g/mol. The first kappa shape index (κ1) is 14.2. The largest absolute Gasteiger partial charge is 0.486 e. The number of hydrogen-bond donors (Lipinski definition) is 0. The number of benzene rings is 1. The third-order valence-corrected chi connectivity index (χ3v) is 7.64. The number of fused-ring (bicyclic) bond motifs is 1. The lowest BCUT2D eigenvalue weighted by Gasteiger charge is -2.27. The molecule has 2 aliphatic rings. The van der Waals surface area contributed by atoms with Crippen LogP contribution in [0.5, 0.6) is 11.5 Å². The molecule has 0 amide bonds. The van der Waals surface area contributed by atoms with Gasteiger partial charge in [0.1, 0.15) is 13.2 Å². The van der Waals surface area contributed by atoms with E-state index in [2.05, 4.69) is 15.9 Å². The first-order chi connectivity index (χ1) is 9.58. The predicted octanol–water partition coefficient (Wildman–Crippen LogP) is 2.86. The molecule has 110 valence electrons. The van der Waals surface area contributed by atoms with Gasteiger partial charge in [-0.1, -0.05) is 28.4 Å². The van der Waals surface area contributed by atoms with Crippen molar-refractivity contribution in [1.82, 2.24) is 0 Å². The maximum Gasteiger partial charge on any atom is 0.161 e. The Hall–Kier alpha value is -0.750. The van der Waals surface area contributed by atoms with Crippen LogP contribution in [0.3, 0.4) is 0 Å². The molecule has 0 saturated carbocycles. The van der Waals surface area contributed by atoms with E-state index >= 15 is 0 Å². The van der Waals surface area contributed by atoms with Gasteiger partial charge in [-0.05, 0) is 30.5 Å². The maximum atomic E-state index is 12.2. The Morgan fingerprint density at radius 3 is 2.65 bits per heavy atom. The number of sulfone groups is 1. The zero-order valence-corrected chi connectivity index (χ0v) is 13.5. The highest BCUT2D eigenvalue weighted by Gasteiger charge is 2.35. The second kappa shape index (κ2) is 5.56. The Labute approximate surface area is 127 Å². The smallest absolute Gasteiger partial charge is 0.161 e. The molecule has 6 heteroatoms. The van der Waals surface area contributed by atoms with Crippen molar-refractivity contribution in [2.75, 3.05) is 19.0 Å². The summed E-state index contributed by atoms with van der Waals surface area (Å²) in [5, 5.41) is -0.348. The van der Waals surface area contributed by atoms with E-state index in [4.69, 9.17) is 9.47 Å². The van der Waals surface area contributed by atoms with Gasteiger partial charge in [-0.15, -0.1) is 0 Å². The molecule has 0 N–H and O–H groups in total. The Morgan fingerprint density at radius 1 is 1.15 bits per heavy atom. The Kier molecular flexibility index (Phi) is 3.95. The first-order valence-electron chi connectivity index (χ1n) is 6.83. The molecule has 0 aromatic heterocycles. The van der Waals surface area contributed by atoms with Crippen LogP contribution in [-0.4, -0.2) is 32.6 Å². The summed E-state index contributed by atoms with van der Waals surface area (Å²) in [6.07, 6.45) is 2.46. The van der Waals surface area contributed by atoms with Gasteiger partial charge in [-0.2, -0.15) is 0 Å². The number of alkyl halides is 1. The van der Waals surface area contributed by atoms with Gasteiger partial charge in [-0.25, -0.2) is 8.42 Å². The second-order valence-electron chi connectivity index (χ2n) is 5.21. The van der Waals surface area contributed by atoms with E-state index in [9.17, 15) is 8.42 Å². The van der Waals surface area contributed by atoms with Gasteiger partial charge in [0.05, 0.1) is 15.8 Å². The van der Waals surface area contributed by atoms with Crippen LogP contribution in [0.25, 0.3) is 0 Å². The van der Waals surface area contributed by atoms with Crippen LogP contribution in [0.1, 0.15) is 29.7 Å². The molecule has 4 nitrogen and oxygen atoms in total. The summed E-state index contributed by atoms with van der Waals surface area (Å²) in [6.45, 7) is 1.09. The Balaban J connectivity index is 1.88. The zero-order chi connectivity index (χ0) is 14.2. The highest BCUT2D eigenvalue weighted by molar-refractivity contribution is 9.09. The molecule has 2 unspecified atom stereocenters. The molecular formula is C14H17BrO4S. The van der Waals surface area contributed by atoms with Gasteiger partial charge in [0.25, 0.3) is 0 Å². The highest BCUT2D eigenvalue weighted by Crippen LogP contribution is 2.40. The summed E-state index contributed by atoms with van der Waals surface area (Å²) in [7, 11) is -3.01. The third-order valence-electron chi connectivity index (χ3n) is 3.84. The molecule has 1 aromatic rings. The number of rotatable bonds is 2. The van der Waals surface area contributed by atoms with E-state index in [-0.39, 0.29) is 10.1 Å². The summed E-state index contributed by atoms with van der Waals surface area (Å²) in [5.74, 6) is 1.72. The molecule has 20 heavy (non-hydrogen) atoms. The molecule has 0 radical (unpaired) electrons. The minimum atomic E-state index is -3.01. The van der Waals surface area contributed by atoms with Gasteiger partial charge in [-0.3, -0.25) is 0 Å². The van der Waals surface area contributed by atoms with Crippen molar-refractivity contribution in [1.29, 1.82) is 0 Å². The minimum absolute atomic E-state index is 0.191. The number of ether oxygens (including phenoxy) is 2. The number of hydrogen-bond acceptors (Lipinski definition) is 4. The van der Waals surface area contributed by atoms with Crippen molar-refractivity contribution in [3.63, 3.8) is 0 Å². The Bertz CT molecular complexity index is 599. The van der Waals surface area contributed by atoms with E-state index in [1.807, 2.05) is 18.2 Å². The summed E-state index contributed by atoms with van der Waals surface area (Å²) in [4.78, 5) is -0.191. The topological polar surface area (TPSA) is 52.6 Å². The highest BCUT2D eigenvalue weighted by atomic mass is 79.9. The maximum absolute atomic E-state index is 12.2. The monoisotopic (exact) mass is 360 g/mol. The molecule has 3 rings (SSSR count). The SMILES string of the molecule is O=S1(=O)CCCCC1C(Br)c1ccc2c(c1)OCCO2. The van der Waals surface area contributed by atoms with Gasteiger partial charge in [0.2, 0.25) is 0 Å². The minimum Gasteiger partial charge on any atom is -0.486 e. The van der Waals surface area contributed by atoms with Crippen LogP contribution >= 0.6 is 15.9 Å². The van der Waals surface area contributed by atoms with Crippen LogP contribution in [0.15, 0.2) is 18.2 Å². The van der Waals surface area contributed by atoms with Gasteiger partial charge in [0.15, 0.2) is 21.3 Å². The fourth-order valence-electron chi connectivity index (χ4n) is 2.75. The average Bonchev–Trinajstić information content (AvgIpc) is 2.45. The summed E-state index contributed by atoms with van der Waals surface area (Å²) < 4.78 is 35.4. The van der Waals surface area contributed by atoms with Crippen molar-refractivity contribution in [2.45, 2.75) is 29.3 Å². The van der Waals surface area contributed by atoms with Crippen molar-refractivity contribution in [3.8, 4) is 11.5 Å². The van der Waals surface area contributed by atoms with Gasteiger partial charge in [0, 0.05) is 0 Å². The lowest BCUT2D eigenvalue weighted by molar-refractivity contribution is 0.171. The molecule has 1 saturated heterocycles. The van der Waals surface area contributed by atoms with E-state index in [1.165, 1.54) is 0 Å². The quantitative estimate of drug-likeness (QED) is 0.761. The fraction of sp³-hybridized carbons (Fsp3) is 0.571. The molecule has 1 fully saturated rings. The summed E-state index contributed by atoms with van der Waals surface area (Å²) >= 11 is 3.58.